The molecule has 0 heterocycles. The van der Waals surface area contributed by atoms with Crippen molar-refractivity contribution < 1.29 is 9.47 Å². The molecule has 0 fully saturated rings. The fraction of sp³-hybridized carbons (Fsp3) is 0.852. The van der Waals surface area contributed by atoms with Gasteiger partial charge in [0.1, 0.15) is 0 Å². The van der Waals surface area contributed by atoms with Gasteiger partial charge in [-0.2, -0.15) is 0 Å². The lowest BCUT2D eigenvalue weighted by molar-refractivity contribution is -0.0327. The molecule has 0 saturated heterocycles. The van der Waals surface area contributed by atoms with Crippen LogP contribution < -0.4 is 5.32 Å². The maximum absolute atomic E-state index is 6.38. The summed E-state index contributed by atoms with van der Waals surface area (Å²) in [6.45, 7) is 9.04. The molecule has 0 saturated carbocycles. The molecule has 3 nitrogen and oxygen atoms in total. The third-order valence-corrected chi connectivity index (χ3v) is 6.05. The van der Waals surface area contributed by atoms with E-state index < -0.39 is 0 Å². The highest BCUT2D eigenvalue weighted by atomic mass is 16.5. The van der Waals surface area contributed by atoms with Gasteiger partial charge >= 0.3 is 0 Å². The van der Waals surface area contributed by atoms with E-state index in [9.17, 15) is 0 Å². The van der Waals surface area contributed by atoms with Gasteiger partial charge in [0, 0.05) is 26.2 Å². The summed E-state index contributed by atoms with van der Waals surface area (Å²) in [6.07, 6.45) is 28.1. The zero-order valence-corrected chi connectivity index (χ0v) is 20.3. The molecule has 30 heavy (non-hydrogen) atoms. The molecule has 0 bridgehead atoms. The number of ether oxygens (including phenoxy) is 2. The summed E-state index contributed by atoms with van der Waals surface area (Å²) in [5.74, 6) is 0. The molecule has 1 atom stereocenters. The minimum Gasteiger partial charge on any atom is -0.380 e. The maximum atomic E-state index is 6.38. The van der Waals surface area contributed by atoms with Gasteiger partial charge in [-0.1, -0.05) is 109 Å². The second-order valence-corrected chi connectivity index (χ2v) is 8.91. The molecule has 3 heteroatoms. The van der Waals surface area contributed by atoms with Crippen molar-refractivity contribution in [3.8, 4) is 0 Å². The van der Waals surface area contributed by atoms with Crippen LogP contribution in [0.5, 0.6) is 0 Å². The van der Waals surface area contributed by atoms with Crippen LogP contribution in [0.3, 0.4) is 0 Å². The van der Waals surface area contributed by atoms with Crippen molar-refractivity contribution in [1.82, 2.24) is 5.32 Å². The summed E-state index contributed by atoms with van der Waals surface area (Å²) in [4.78, 5) is 0. The van der Waals surface area contributed by atoms with Crippen LogP contribution in [0.4, 0.5) is 0 Å². The van der Waals surface area contributed by atoms with Crippen LogP contribution in [0, 0.1) is 0 Å². The molecular formula is C27H51NO2. The molecule has 0 radical (unpaired) electrons. The van der Waals surface area contributed by atoms with Gasteiger partial charge in [0.2, 0.25) is 0 Å². The van der Waals surface area contributed by atoms with Crippen molar-refractivity contribution in [3.63, 3.8) is 0 Å². The molecule has 0 aromatic rings. The van der Waals surface area contributed by atoms with Crippen molar-refractivity contribution in [2.75, 3.05) is 32.9 Å². The van der Waals surface area contributed by atoms with Gasteiger partial charge in [0.15, 0.2) is 0 Å². The lowest BCUT2D eigenvalue weighted by atomic mass is 9.91. The Hall–Kier alpha value is -0.640. The predicted octanol–water partition coefficient (Wildman–Crippen LogP) is 7.37. The average molecular weight is 422 g/mol. The smallest absolute Gasteiger partial charge is 0.0921 e. The number of rotatable bonds is 22. The molecule has 1 aliphatic rings. The summed E-state index contributed by atoms with van der Waals surface area (Å²) in [6, 6.07) is 0. The second-order valence-electron chi connectivity index (χ2n) is 8.91. The summed E-state index contributed by atoms with van der Waals surface area (Å²) in [5, 5.41) is 3.48. The highest BCUT2D eigenvalue weighted by Crippen LogP contribution is 2.27. The summed E-state index contributed by atoms with van der Waals surface area (Å²) in [5.41, 5.74) is -0.150. The minimum absolute atomic E-state index is 0.150. The van der Waals surface area contributed by atoms with E-state index in [0.717, 1.165) is 45.8 Å². The van der Waals surface area contributed by atoms with E-state index in [1.54, 1.807) is 0 Å². The first kappa shape index (κ1) is 27.4. The first-order valence-electron chi connectivity index (χ1n) is 13.1. The first-order valence-corrected chi connectivity index (χ1v) is 13.1. The Morgan fingerprint density at radius 3 is 2.03 bits per heavy atom. The molecule has 0 amide bonds. The van der Waals surface area contributed by atoms with Gasteiger partial charge in [0.25, 0.3) is 0 Å². The number of allylic oxidation sites excluding steroid dienone is 2. The molecule has 176 valence electrons. The molecule has 1 aliphatic carbocycles. The average Bonchev–Trinajstić information content (AvgIpc) is 2.77. The standard InChI is InChI=1S/C27H51NO2/c1-3-5-7-9-10-11-12-13-18-24-30-27(19-15-14-16-20-27)21-25-29-26-23-28-22-17-8-6-4-2/h14-16,19,28H,3-13,17-18,20-26H2,1-2H3. The van der Waals surface area contributed by atoms with Crippen molar-refractivity contribution in [2.24, 2.45) is 0 Å². The van der Waals surface area contributed by atoms with E-state index in [0.29, 0.717) is 0 Å². The summed E-state index contributed by atoms with van der Waals surface area (Å²) < 4.78 is 12.3. The molecule has 0 aromatic carbocycles. The van der Waals surface area contributed by atoms with E-state index in [1.807, 2.05) is 0 Å². The highest BCUT2D eigenvalue weighted by Gasteiger charge is 2.27. The fourth-order valence-electron chi connectivity index (χ4n) is 3.99. The monoisotopic (exact) mass is 421 g/mol. The van der Waals surface area contributed by atoms with Gasteiger partial charge in [-0.25, -0.2) is 0 Å². The van der Waals surface area contributed by atoms with Gasteiger partial charge in [-0.05, 0) is 25.8 Å². The van der Waals surface area contributed by atoms with Crippen LogP contribution in [-0.4, -0.2) is 38.5 Å². The summed E-state index contributed by atoms with van der Waals surface area (Å²) >= 11 is 0. The van der Waals surface area contributed by atoms with E-state index in [2.05, 4.69) is 43.5 Å². The lowest BCUT2D eigenvalue weighted by Crippen LogP contribution is -2.33. The number of hydrogen-bond donors (Lipinski definition) is 1. The SMILES string of the molecule is CCCCCCCCCCCOC1(CCOCCNCCCCCC)C=CC=CC1. The first-order chi connectivity index (χ1) is 14.8. The van der Waals surface area contributed by atoms with Crippen LogP contribution in [0.25, 0.3) is 0 Å². The van der Waals surface area contributed by atoms with Crippen LogP contribution >= 0.6 is 0 Å². The van der Waals surface area contributed by atoms with Crippen LogP contribution in [0.1, 0.15) is 110 Å². The fourth-order valence-corrected chi connectivity index (χ4v) is 3.99. The van der Waals surface area contributed by atoms with E-state index in [-0.39, 0.29) is 5.60 Å². The van der Waals surface area contributed by atoms with Gasteiger partial charge in [-0.15, -0.1) is 0 Å². The van der Waals surface area contributed by atoms with Crippen molar-refractivity contribution in [3.05, 3.63) is 24.3 Å². The number of hydrogen-bond acceptors (Lipinski definition) is 3. The van der Waals surface area contributed by atoms with E-state index in [1.165, 1.54) is 83.5 Å². The molecule has 1 N–H and O–H groups in total. The van der Waals surface area contributed by atoms with Gasteiger partial charge in [-0.3, -0.25) is 0 Å². The summed E-state index contributed by atoms with van der Waals surface area (Å²) in [7, 11) is 0. The second kappa shape index (κ2) is 20.3. The molecule has 0 spiro atoms. The Labute approximate surface area is 188 Å². The van der Waals surface area contributed by atoms with E-state index in [4.69, 9.17) is 9.47 Å². The number of nitrogens with one attached hydrogen (secondary N) is 1. The van der Waals surface area contributed by atoms with Crippen LogP contribution in [0.2, 0.25) is 0 Å². The molecule has 1 unspecified atom stereocenters. The molecular weight excluding hydrogens is 370 g/mol. The Kier molecular flexibility index (Phi) is 18.5. The third kappa shape index (κ3) is 15.2. The number of unbranched alkanes of at least 4 members (excludes halogenated alkanes) is 11. The third-order valence-electron chi connectivity index (χ3n) is 6.05. The van der Waals surface area contributed by atoms with Crippen LogP contribution in [0.15, 0.2) is 24.3 Å². The Morgan fingerprint density at radius 1 is 0.700 bits per heavy atom. The zero-order valence-electron chi connectivity index (χ0n) is 20.3. The van der Waals surface area contributed by atoms with Gasteiger partial charge < -0.3 is 14.8 Å². The Bertz CT molecular complexity index is 395. The van der Waals surface area contributed by atoms with Crippen LogP contribution in [-0.2, 0) is 9.47 Å². The lowest BCUT2D eigenvalue weighted by Gasteiger charge is -2.31. The topological polar surface area (TPSA) is 30.5 Å². The van der Waals surface area contributed by atoms with Crippen molar-refractivity contribution in [1.29, 1.82) is 0 Å². The minimum atomic E-state index is -0.150. The highest BCUT2D eigenvalue weighted by molar-refractivity contribution is 5.18. The maximum Gasteiger partial charge on any atom is 0.0921 e. The predicted molar refractivity (Wildman–Crippen MR) is 131 cm³/mol. The van der Waals surface area contributed by atoms with Crippen molar-refractivity contribution in [2.45, 2.75) is 116 Å². The normalized spacial score (nSPS) is 18.3. The zero-order chi connectivity index (χ0) is 21.6. The molecule has 1 rings (SSSR count). The molecule has 0 aromatic heterocycles. The Balaban J connectivity index is 2.04. The van der Waals surface area contributed by atoms with E-state index >= 15 is 0 Å². The Morgan fingerprint density at radius 2 is 1.37 bits per heavy atom. The van der Waals surface area contributed by atoms with Gasteiger partial charge in [0.05, 0.1) is 12.2 Å². The van der Waals surface area contributed by atoms with Crippen molar-refractivity contribution >= 4 is 0 Å². The quantitative estimate of drug-likeness (QED) is 0.185. The molecule has 0 aliphatic heterocycles. The largest absolute Gasteiger partial charge is 0.380 e.